The summed E-state index contributed by atoms with van der Waals surface area (Å²) in [4.78, 5) is 50.8. The molecule has 2 heterocycles. The lowest BCUT2D eigenvalue weighted by Gasteiger charge is -2.23. The van der Waals surface area contributed by atoms with E-state index in [-0.39, 0.29) is 6.54 Å². The summed E-state index contributed by atoms with van der Waals surface area (Å²) in [7, 11) is 0. The van der Waals surface area contributed by atoms with Gasteiger partial charge in [0.15, 0.2) is 0 Å². The van der Waals surface area contributed by atoms with Crippen LogP contribution in [0.1, 0.15) is 24.5 Å². The van der Waals surface area contributed by atoms with E-state index in [0.717, 1.165) is 10.5 Å². The molecule has 138 valence electrons. The Morgan fingerprint density at radius 2 is 1.92 bits per heavy atom. The van der Waals surface area contributed by atoms with Crippen molar-refractivity contribution in [1.29, 1.82) is 0 Å². The van der Waals surface area contributed by atoms with Crippen molar-refractivity contribution in [3.8, 4) is 0 Å². The second kappa shape index (κ2) is 6.44. The summed E-state index contributed by atoms with van der Waals surface area (Å²) in [5.74, 6) is -2.46. The standard InChI is InChI=1S/C18H21N3O5/c1-11-3-5-13(6-4-11)18(2)16(25)21(17(26)19-18)10-14(22)20-8-7-12(9-20)15(23)24/h3-6,12H,7-10H2,1-2H3,(H,19,26)(H,23,24)/t12-,18+/m0/s1. The van der Waals surface area contributed by atoms with E-state index in [1.165, 1.54) is 4.90 Å². The van der Waals surface area contributed by atoms with Crippen LogP contribution in [0.25, 0.3) is 0 Å². The maximum Gasteiger partial charge on any atom is 0.325 e. The topological polar surface area (TPSA) is 107 Å². The lowest BCUT2D eigenvalue weighted by Crippen LogP contribution is -2.44. The molecular weight excluding hydrogens is 338 g/mol. The number of hydrogen-bond acceptors (Lipinski definition) is 4. The van der Waals surface area contributed by atoms with Gasteiger partial charge in [0, 0.05) is 13.1 Å². The monoisotopic (exact) mass is 359 g/mol. The first-order valence-corrected chi connectivity index (χ1v) is 8.44. The molecule has 0 bridgehead atoms. The number of nitrogens with one attached hydrogen (secondary N) is 1. The van der Waals surface area contributed by atoms with Gasteiger partial charge in [-0.05, 0) is 25.8 Å². The average molecular weight is 359 g/mol. The van der Waals surface area contributed by atoms with Gasteiger partial charge in [0.05, 0.1) is 5.92 Å². The molecule has 1 aromatic carbocycles. The predicted octanol–water partition coefficient (Wildman–Crippen LogP) is 0.695. The molecule has 2 fully saturated rings. The van der Waals surface area contributed by atoms with Crippen LogP contribution in [0, 0.1) is 12.8 Å². The Morgan fingerprint density at radius 3 is 2.50 bits per heavy atom. The van der Waals surface area contributed by atoms with Crippen LogP contribution in [0.4, 0.5) is 4.79 Å². The second-order valence-electron chi connectivity index (χ2n) is 6.98. The number of likely N-dealkylation sites (tertiary alicyclic amines) is 1. The zero-order valence-corrected chi connectivity index (χ0v) is 14.7. The molecule has 2 N–H and O–H groups in total. The third-order valence-electron chi connectivity index (χ3n) is 5.09. The molecular formula is C18H21N3O5. The molecule has 2 atom stereocenters. The van der Waals surface area contributed by atoms with Crippen molar-refractivity contribution in [2.75, 3.05) is 19.6 Å². The van der Waals surface area contributed by atoms with Gasteiger partial charge in [-0.1, -0.05) is 29.8 Å². The van der Waals surface area contributed by atoms with Gasteiger partial charge in [0.1, 0.15) is 12.1 Å². The number of nitrogens with zero attached hydrogens (tertiary/aromatic N) is 2. The van der Waals surface area contributed by atoms with Crippen molar-refractivity contribution >= 4 is 23.8 Å². The molecule has 0 unspecified atom stereocenters. The van der Waals surface area contributed by atoms with E-state index < -0.39 is 41.8 Å². The fourth-order valence-electron chi connectivity index (χ4n) is 3.35. The number of carbonyl (C=O) groups is 4. The molecule has 1 aromatic rings. The third kappa shape index (κ3) is 3.02. The van der Waals surface area contributed by atoms with Gasteiger partial charge in [-0.2, -0.15) is 0 Å². The number of carboxylic acids is 1. The summed E-state index contributed by atoms with van der Waals surface area (Å²) in [6, 6.07) is 6.63. The highest BCUT2D eigenvalue weighted by Crippen LogP contribution is 2.29. The maximum absolute atomic E-state index is 12.8. The highest BCUT2D eigenvalue weighted by Gasteiger charge is 2.50. The molecule has 0 spiro atoms. The summed E-state index contributed by atoms with van der Waals surface area (Å²) < 4.78 is 0. The summed E-state index contributed by atoms with van der Waals surface area (Å²) in [6.07, 6.45) is 0.377. The van der Waals surface area contributed by atoms with E-state index in [1.807, 2.05) is 19.1 Å². The highest BCUT2D eigenvalue weighted by atomic mass is 16.4. The minimum absolute atomic E-state index is 0.104. The molecule has 2 aliphatic rings. The van der Waals surface area contributed by atoms with Crippen LogP contribution in [-0.2, 0) is 19.9 Å². The fourth-order valence-corrected chi connectivity index (χ4v) is 3.35. The average Bonchev–Trinajstić information content (AvgIpc) is 3.16. The van der Waals surface area contributed by atoms with Crippen LogP contribution in [0.15, 0.2) is 24.3 Å². The van der Waals surface area contributed by atoms with Gasteiger partial charge >= 0.3 is 12.0 Å². The van der Waals surface area contributed by atoms with E-state index in [1.54, 1.807) is 19.1 Å². The molecule has 8 heteroatoms. The molecule has 2 aliphatic heterocycles. The molecule has 3 rings (SSSR count). The molecule has 0 saturated carbocycles. The minimum Gasteiger partial charge on any atom is -0.481 e. The van der Waals surface area contributed by atoms with Crippen LogP contribution in [0.2, 0.25) is 0 Å². The molecule has 2 saturated heterocycles. The fraction of sp³-hybridized carbons (Fsp3) is 0.444. The van der Waals surface area contributed by atoms with Crippen molar-refractivity contribution in [1.82, 2.24) is 15.1 Å². The number of urea groups is 1. The van der Waals surface area contributed by atoms with E-state index in [9.17, 15) is 19.2 Å². The number of amides is 4. The number of imide groups is 1. The number of benzene rings is 1. The summed E-state index contributed by atoms with van der Waals surface area (Å²) in [5.41, 5.74) is 0.450. The molecule has 4 amide bonds. The highest BCUT2D eigenvalue weighted by molar-refractivity contribution is 6.09. The first-order valence-electron chi connectivity index (χ1n) is 8.44. The van der Waals surface area contributed by atoms with E-state index in [2.05, 4.69) is 5.32 Å². The van der Waals surface area contributed by atoms with Crippen molar-refractivity contribution in [2.24, 2.45) is 5.92 Å². The Bertz CT molecular complexity index is 776. The van der Waals surface area contributed by atoms with Crippen molar-refractivity contribution in [3.63, 3.8) is 0 Å². The van der Waals surface area contributed by atoms with Gasteiger partial charge in [0.25, 0.3) is 5.91 Å². The zero-order chi connectivity index (χ0) is 19.1. The third-order valence-corrected chi connectivity index (χ3v) is 5.09. The Labute approximate surface area is 150 Å². The summed E-state index contributed by atoms with van der Waals surface area (Å²) >= 11 is 0. The lowest BCUT2D eigenvalue weighted by atomic mass is 9.91. The first kappa shape index (κ1) is 17.9. The normalized spacial score (nSPS) is 25.5. The Morgan fingerprint density at radius 1 is 1.27 bits per heavy atom. The van der Waals surface area contributed by atoms with Crippen LogP contribution >= 0.6 is 0 Å². The van der Waals surface area contributed by atoms with Gasteiger partial charge in [-0.25, -0.2) is 4.79 Å². The lowest BCUT2D eigenvalue weighted by molar-refractivity contribution is -0.142. The number of aliphatic carboxylic acids is 1. The minimum atomic E-state index is -1.22. The molecule has 0 aliphatic carbocycles. The van der Waals surface area contributed by atoms with Crippen molar-refractivity contribution in [2.45, 2.75) is 25.8 Å². The van der Waals surface area contributed by atoms with Crippen LogP contribution in [-0.4, -0.2) is 58.4 Å². The van der Waals surface area contributed by atoms with E-state index >= 15 is 0 Å². The largest absolute Gasteiger partial charge is 0.481 e. The Balaban J connectivity index is 1.72. The quantitative estimate of drug-likeness (QED) is 0.770. The van der Waals surface area contributed by atoms with Crippen molar-refractivity contribution in [3.05, 3.63) is 35.4 Å². The number of hydrogen-bond donors (Lipinski definition) is 2. The van der Waals surface area contributed by atoms with Gasteiger partial charge < -0.3 is 15.3 Å². The smallest absolute Gasteiger partial charge is 0.325 e. The summed E-state index contributed by atoms with van der Waals surface area (Å²) in [6.45, 7) is 3.56. The van der Waals surface area contributed by atoms with E-state index in [0.29, 0.717) is 18.5 Å². The van der Waals surface area contributed by atoms with Crippen LogP contribution in [0.5, 0.6) is 0 Å². The predicted molar refractivity (Wildman–Crippen MR) is 91.1 cm³/mol. The Hall–Kier alpha value is -2.90. The molecule has 0 aromatic heterocycles. The molecule has 26 heavy (non-hydrogen) atoms. The summed E-state index contributed by atoms with van der Waals surface area (Å²) in [5, 5.41) is 11.7. The number of aryl methyl sites for hydroxylation is 1. The Kier molecular flexibility index (Phi) is 4.43. The number of carbonyl (C=O) groups excluding carboxylic acids is 3. The molecule has 0 radical (unpaired) electrons. The van der Waals surface area contributed by atoms with Gasteiger partial charge in [-0.15, -0.1) is 0 Å². The van der Waals surface area contributed by atoms with Crippen LogP contribution < -0.4 is 5.32 Å². The van der Waals surface area contributed by atoms with Crippen LogP contribution in [0.3, 0.4) is 0 Å². The molecule has 8 nitrogen and oxygen atoms in total. The number of rotatable bonds is 4. The second-order valence-corrected chi connectivity index (χ2v) is 6.98. The number of carboxylic acid groups (broad SMARTS) is 1. The maximum atomic E-state index is 12.8. The van der Waals surface area contributed by atoms with Crippen molar-refractivity contribution < 1.29 is 24.3 Å². The van der Waals surface area contributed by atoms with Gasteiger partial charge in [-0.3, -0.25) is 19.3 Å². The van der Waals surface area contributed by atoms with Gasteiger partial charge in [0.2, 0.25) is 5.91 Å². The SMILES string of the molecule is Cc1ccc([C@@]2(C)NC(=O)N(CC(=O)N3CC[C@H](C(=O)O)C3)C2=O)cc1. The first-order chi connectivity index (χ1) is 12.2. The zero-order valence-electron chi connectivity index (χ0n) is 14.7. The van der Waals surface area contributed by atoms with E-state index in [4.69, 9.17) is 5.11 Å².